The first-order valence-electron chi connectivity index (χ1n) is 10.2. The number of anilines is 3. The lowest BCUT2D eigenvalue weighted by Gasteiger charge is -2.19. The minimum absolute atomic E-state index is 0.00799. The van der Waals surface area contributed by atoms with Crippen molar-refractivity contribution in [1.82, 2.24) is 0 Å². The van der Waals surface area contributed by atoms with Gasteiger partial charge in [0, 0.05) is 23.0 Å². The number of rotatable bonds is 4. The van der Waals surface area contributed by atoms with Crippen LogP contribution in [0, 0.1) is 0 Å². The lowest BCUT2D eigenvalue weighted by Crippen LogP contribution is -2.19. The Balaban J connectivity index is 1.54. The molecule has 2 amide bonds. The van der Waals surface area contributed by atoms with E-state index >= 15 is 0 Å². The van der Waals surface area contributed by atoms with E-state index in [2.05, 4.69) is 31.4 Å². The predicted octanol–water partition coefficient (Wildman–Crippen LogP) is 4.80. The van der Waals surface area contributed by atoms with Crippen molar-refractivity contribution in [3.05, 3.63) is 77.4 Å². The first-order chi connectivity index (χ1) is 15.2. The van der Waals surface area contributed by atoms with Gasteiger partial charge in [-0.05, 0) is 53.4 Å². The Hall–Kier alpha value is -4.00. The van der Waals surface area contributed by atoms with Gasteiger partial charge in [-0.25, -0.2) is 0 Å². The molecule has 0 fully saturated rings. The van der Waals surface area contributed by atoms with Crippen LogP contribution in [0.1, 0.15) is 47.1 Å². The lowest BCUT2D eigenvalue weighted by molar-refractivity contribution is 0.102. The predicted molar refractivity (Wildman–Crippen MR) is 124 cm³/mol. The molecule has 3 aromatic rings. The fourth-order valence-electron chi connectivity index (χ4n) is 3.35. The molecule has 1 heterocycles. The Morgan fingerprint density at radius 2 is 1.56 bits per heavy atom. The zero-order chi connectivity index (χ0) is 22.9. The second kappa shape index (κ2) is 8.26. The Kier molecular flexibility index (Phi) is 5.48. The van der Waals surface area contributed by atoms with E-state index in [-0.39, 0.29) is 23.7 Å². The van der Waals surface area contributed by atoms with Crippen LogP contribution in [0.25, 0.3) is 0 Å². The average molecular weight is 431 g/mol. The van der Waals surface area contributed by atoms with E-state index in [0.29, 0.717) is 34.1 Å². The van der Waals surface area contributed by atoms with Crippen molar-refractivity contribution >= 4 is 28.9 Å². The van der Waals surface area contributed by atoms with E-state index in [1.54, 1.807) is 42.5 Å². The molecule has 4 N–H and O–H groups in total. The monoisotopic (exact) mass is 431 g/mol. The standard InChI is InChI=1S/C25H25N3O4/c1-25(2,3)16-6-4-15(5-7-16)23(29)28-20-10-8-17(26)12-19(20)24(30)27-18-9-11-21-22(13-18)32-14-31-21/h4-13H,14,26H2,1-3H3,(H,27,30)(H,28,29). The number of amides is 2. The maximum absolute atomic E-state index is 13.0. The summed E-state index contributed by atoms with van der Waals surface area (Å²) in [4.78, 5) is 25.8. The van der Waals surface area contributed by atoms with E-state index in [0.717, 1.165) is 5.56 Å². The minimum atomic E-state index is -0.408. The van der Waals surface area contributed by atoms with Gasteiger partial charge in [0.1, 0.15) is 0 Å². The number of nitrogens with two attached hydrogens (primary N) is 1. The van der Waals surface area contributed by atoms with E-state index in [4.69, 9.17) is 15.2 Å². The molecule has 7 nitrogen and oxygen atoms in total. The third kappa shape index (κ3) is 4.51. The van der Waals surface area contributed by atoms with Gasteiger partial charge in [-0.1, -0.05) is 32.9 Å². The topological polar surface area (TPSA) is 103 Å². The van der Waals surface area contributed by atoms with Gasteiger partial charge in [-0.2, -0.15) is 0 Å². The summed E-state index contributed by atoms with van der Waals surface area (Å²) in [5.74, 6) is 0.460. The molecule has 0 aromatic heterocycles. The zero-order valence-electron chi connectivity index (χ0n) is 18.2. The molecule has 7 heteroatoms. The summed E-state index contributed by atoms with van der Waals surface area (Å²) >= 11 is 0. The zero-order valence-corrected chi connectivity index (χ0v) is 18.2. The van der Waals surface area contributed by atoms with E-state index in [9.17, 15) is 9.59 Å². The molecule has 0 saturated carbocycles. The van der Waals surface area contributed by atoms with Gasteiger partial charge in [0.25, 0.3) is 11.8 Å². The van der Waals surface area contributed by atoms with Crippen molar-refractivity contribution in [3.8, 4) is 11.5 Å². The highest BCUT2D eigenvalue weighted by atomic mass is 16.7. The molecule has 0 saturated heterocycles. The van der Waals surface area contributed by atoms with Crippen LogP contribution < -0.4 is 25.8 Å². The second-order valence-electron chi connectivity index (χ2n) is 8.61. The number of fused-ring (bicyclic) bond motifs is 1. The highest BCUT2D eigenvalue weighted by Crippen LogP contribution is 2.34. The van der Waals surface area contributed by atoms with Crippen molar-refractivity contribution in [2.24, 2.45) is 0 Å². The van der Waals surface area contributed by atoms with Crippen LogP contribution in [0.4, 0.5) is 17.1 Å². The van der Waals surface area contributed by atoms with Gasteiger partial charge in [-0.3, -0.25) is 9.59 Å². The van der Waals surface area contributed by atoms with Crippen LogP contribution in [0.3, 0.4) is 0 Å². The van der Waals surface area contributed by atoms with E-state index < -0.39 is 5.91 Å². The summed E-state index contributed by atoms with van der Waals surface area (Å²) in [6.45, 7) is 6.49. The number of nitrogens with one attached hydrogen (secondary N) is 2. The molecular formula is C25H25N3O4. The van der Waals surface area contributed by atoms with Gasteiger partial charge in [0.05, 0.1) is 11.3 Å². The number of hydrogen-bond acceptors (Lipinski definition) is 5. The number of ether oxygens (including phenoxy) is 2. The van der Waals surface area contributed by atoms with Gasteiger partial charge < -0.3 is 25.8 Å². The number of nitrogen functional groups attached to an aromatic ring is 1. The summed E-state index contributed by atoms with van der Waals surface area (Å²) in [5, 5.41) is 5.63. The van der Waals surface area contributed by atoms with Gasteiger partial charge >= 0.3 is 0 Å². The van der Waals surface area contributed by atoms with Crippen molar-refractivity contribution in [2.45, 2.75) is 26.2 Å². The first kappa shape index (κ1) is 21.2. The van der Waals surface area contributed by atoms with E-state index in [1.807, 2.05) is 12.1 Å². The number of carbonyl (C=O) groups excluding carboxylic acids is 2. The maximum atomic E-state index is 13.0. The molecule has 0 radical (unpaired) electrons. The third-order valence-electron chi connectivity index (χ3n) is 5.18. The highest BCUT2D eigenvalue weighted by molar-refractivity contribution is 6.13. The fraction of sp³-hybridized carbons (Fsp3) is 0.200. The first-order valence-corrected chi connectivity index (χ1v) is 10.2. The van der Waals surface area contributed by atoms with Crippen molar-refractivity contribution in [2.75, 3.05) is 23.2 Å². The molecule has 0 spiro atoms. The van der Waals surface area contributed by atoms with Gasteiger partial charge in [0.15, 0.2) is 11.5 Å². The van der Waals surface area contributed by atoms with Crippen LogP contribution >= 0.6 is 0 Å². The molecule has 3 aromatic carbocycles. The molecule has 0 unspecified atom stereocenters. The Bertz CT molecular complexity index is 1180. The van der Waals surface area contributed by atoms with Gasteiger partial charge in [0.2, 0.25) is 6.79 Å². The smallest absolute Gasteiger partial charge is 0.257 e. The normalized spacial score (nSPS) is 12.3. The van der Waals surface area contributed by atoms with Crippen molar-refractivity contribution in [1.29, 1.82) is 0 Å². The maximum Gasteiger partial charge on any atom is 0.257 e. The van der Waals surface area contributed by atoms with Crippen LogP contribution in [-0.2, 0) is 5.41 Å². The Morgan fingerprint density at radius 1 is 0.844 bits per heavy atom. The molecular weight excluding hydrogens is 406 g/mol. The molecule has 0 aliphatic carbocycles. The third-order valence-corrected chi connectivity index (χ3v) is 5.18. The van der Waals surface area contributed by atoms with Crippen molar-refractivity contribution in [3.63, 3.8) is 0 Å². The molecule has 1 aliphatic rings. The van der Waals surface area contributed by atoms with Crippen LogP contribution in [0.2, 0.25) is 0 Å². The number of hydrogen-bond donors (Lipinski definition) is 3. The summed E-state index contributed by atoms with van der Waals surface area (Å²) in [6.07, 6.45) is 0. The fourth-order valence-corrected chi connectivity index (χ4v) is 3.35. The Morgan fingerprint density at radius 3 is 2.28 bits per heavy atom. The molecule has 1 aliphatic heterocycles. The summed E-state index contributed by atoms with van der Waals surface area (Å²) < 4.78 is 10.6. The molecule has 4 rings (SSSR count). The SMILES string of the molecule is CC(C)(C)c1ccc(C(=O)Nc2ccc(N)cc2C(=O)Nc2ccc3c(c2)OCO3)cc1. The summed E-state index contributed by atoms with van der Waals surface area (Å²) in [6, 6.07) is 17.3. The largest absolute Gasteiger partial charge is 0.454 e. The van der Waals surface area contributed by atoms with Gasteiger partial charge in [-0.15, -0.1) is 0 Å². The molecule has 32 heavy (non-hydrogen) atoms. The Labute approximate surface area is 186 Å². The number of benzene rings is 3. The average Bonchev–Trinajstić information content (AvgIpc) is 3.22. The van der Waals surface area contributed by atoms with Crippen molar-refractivity contribution < 1.29 is 19.1 Å². The van der Waals surface area contributed by atoms with Crippen LogP contribution in [-0.4, -0.2) is 18.6 Å². The molecule has 0 bridgehead atoms. The van der Waals surface area contributed by atoms with Crippen LogP contribution in [0.5, 0.6) is 11.5 Å². The number of carbonyl (C=O) groups is 2. The second-order valence-corrected chi connectivity index (χ2v) is 8.61. The minimum Gasteiger partial charge on any atom is -0.454 e. The molecule has 164 valence electrons. The lowest BCUT2D eigenvalue weighted by atomic mass is 9.86. The molecule has 0 atom stereocenters. The quantitative estimate of drug-likeness (QED) is 0.515. The van der Waals surface area contributed by atoms with E-state index in [1.165, 1.54) is 6.07 Å². The highest BCUT2D eigenvalue weighted by Gasteiger charge is 2.19. The van der Waals surface area contributed by atoms with Crippen LogP contribution in [0.15, 0.2) is 60.7 Å². The summed E-state index contributed by atoms with van der Waals surface area (Å²) in [5.41, 5.74) is 9.09. The summed E-state index contributed by atoms with van der Waals surface area (Å²) in [7, 11) is 0.